The van der Waals surface area contributed by atoms with Crippen LogP contribution in [0.15, 0.2) is 36.4 Å². The van der Waals surface area contributed by atoms with Crippen LogP contribution in [0.2, 0.25) is 0 Å². The summed E-state index contributed by atoms with van der Waals surface area (Å²) in [6.45, 7) is 0.378. The standard InChI is InChI=1S/C15H15F4NO/c1-9(20-8-15(18,19)14(16)17)11-7-6-10-4-2-3-5-12(10)13(11)21/h2-7,9,14,20-21H,8H2,1H3. The molecule has 2 aromatic carbocycles. The average molecular weight is 301 g/mol. The number of rotatable bonds is 5. The van der Waals surface area contributed by atoms with Crippen LogP contribution in [0, 0.1) is 0 Å². The van der Waals surface area contributed by atoms with Crippen LogP contribution in [0.25, 0.3) is 10.8 Å². The molecule has 6 heteroatoms. The van der Waals surface area contributed by atoms with Crippen LogP contribution in [0.1, 0.15) is 18.5 Å². The van der Waals surface area contributed by atoms with Gasteiger partial charge in [-0.1, -0.05) is 36.4 Å². The van der Waals surface area contributed by atoms with Gasteiger partial charge in [-0.3, -0.25) is 0 Å². The highest BCUT2D eigenvalue weighted by Crippen LogP contribution is 2.33. The smallest absolute Gasteiger partial charge is 0.319 e. The number of phenolic OH excluding ortho intramolecular Hbond substituents is 1. The maximum atomic E-state index is 12.9. The fourth-order valence-corrected chi connectivity index (χ4v) is 2.10. The molecular weight excluding hydrogens is 286 g/mol. The highest BCUT2D eigenvalue weighted by atomic mass is 19.3. The Bertz CT molecular complexity index is 630. The van der Waals surface area contributed by atoms with Crippen LogP contribution in [-0.2, 0) is 0 Å². The molecule has 0 spiro atoms. The summed E-state index contributed by atoms with van der Waals surface area (Å²) in [5.74, 6) is -4.13. The summed E-state index contributed by atoms with van der Waals surface area (Å²) in [7, 11) is 0. The maximum Gasteiger partial charge on any atom is 0.319 e. The molecule has 0 aliphatic heterocycles. The Morgan fingerprint density at radius 2 is 1.81 bits per heavy atom. The van der Waals surface area contributed by atoms with Gasteiger partial charge in [-0.15, -0.1) is 0 Å². The van der Waals surface area contributed by atoms with E-state index in [1.807, 2.05) is 12.1 Å². The predicted octanol–water partition coefficient (Wildman–Crippen LogP) is 4.10. The number of phenols is 1. The van der Waals surface area contributed by atoms with Gasteiger partial charge in [0.1, 0.15) is 5.75 Å². The molecule has 0 saturated carbocycles. The van der Waals surface area contributed by atoms with Gasteiger partial charge in [-0.05, 0) is 12.3 Å². The van der Waals surface area contributed by atoms with Crippen molar-refractivity contribution in [3.05, 3.63) is 42.0 Å². The van der Waals surface area contributed by atoms with Crippen LogP contribution in [0.4, 0.5) is 17.6 Å². The number of alkyl halides is 4. The van der Waals surface area contributed by atoms with Crippen LogP contribution < -0.4 is 5.32 Å². The predicted molar refractivity (Wildman–Crippen MR) is 73.0 cm³/mol. The molecule has 0 aliphatic carbocycles. The van der Waals surface area contributed by atoms with Crippen molar-refractivity contribution in [2.45, 2.75) is 25.3 Å². The number of fused-ring (bicyclic) bond motifs is 1. The summed E-state index contributed by atoms with van der Waals surface area (Å²) in [4.78, 5) is 0. The lowest BCUT2D eigenvalue weighted by atomic mass is 10.0. The minimum atomic E-state index is -4.10. The quantitative estimate of drug-likeness (QED) is 0.815. The molecule has 1 atom stereocenters. The van der Waals surface area contributed by atoms with Crippen molar-refractivity contribution in [2.75, 3.05) is 6.54 Å². The second-order valence-electron chi connectivity index (χ2n) is 4.89. The molecule has 2 N–H and O–H groups in total. The summed E-state index contributed by atoms with van der Waals surface area (Å²) in [6.07, 6.45) is -3.72. The van der Waals surface area contributed by atoms with E-state index in [1.165, 1.54) is 6.92 Å². The molecule has 2 aromatic rings. The second kappa shape index (κ2) is 5.89. The van der Waals surface area contributed by atoms with Crippen LogP contribution in [-0.4, -0.2) is 24.0 Å². The van der Waals surface area contributed by atoms with Gasteiger partial charge < -0.3 is 10.4 Å². The number of hydrogen-bond acceptors (Lipinski definition) is 2. The summed E-state index contributed by atoms with van der Waals surface area (Å²) in [5, 5.41) is 13.9. The van der Waals surface area contributed by atoms with Crippen LogP contribution in [0.5, 0.6) is 5.75 Å². The zero-order valence-electron chi connectivity index (χ0n) is 11.3. The Morgan fingerprint density at radius 1 is 1.14 bits per heavy atom. The molecule has 0 radical (unpaired) electrons. The summed E-state index contributed by atoms with van der Waals surface area (Å²) in [6, 6.07) is 9.72. The Labute approximate surface area is 119 Å². The van der Waals surface area contributed by atoms with Crippen LogP contribution in [0.3, 0.4) is 0 Å². The average Bonchev–Trinajstić information content (AvgIpc) is 2.45. The number of nitrogens with one attached hydrogen (secondary N) is 1. The molecule has 0 aliphatic rings. The second-order valence-corrected chi connectivity index (χ2v) is 4.89. The lowest BCUT2D eigenvalue weighted by Gasteiger charge is -2.21. The van der Waals surface area contributed by atoms with E-state index in [-0.39, 0.29) is 5.75 Å². The van der Waals surface area contributed by atoms with E-state index in [4.69, 9.17) is 0 Å². The molecule has 1 unspecified atom stereocenters. The molecule has 0 heterocycles. The zero-order chi connectivity index (χ0) is 15.6. The first-order chi connectivity index (χ1) is 9.83. The molecule has 21 heavy (non-hydrogen) atoms. The molecule has 0 saturated heterocycles. The third kappa shape index (κ3) is 3.26. The molecule has 2 nitrogen and oxygen atoms in total. The van der Waals surface area contributed by atoms with Gasteiger partial charge in [0.05, 0.1) is 6.54 Å². The van der Waals surface area contributed by atoms with E-state index in [0.717, 1.165) is 5.39 Å². The van der Waals surface area contributed by atoms with E-state index in [0.29, 0.717) is 10.9 Å². The Kier molecular flexibility index (Phi) is 4.37. The molecule has 0 amide bonds. The van der Waals surface area contributed by atoms with Gasteiger partial charge in [0, 0.05) is 17.0 Å². The first kappa shape index (κ1) is 15.6. The largest absolute Gasteiger partial charge is 0.507 e. The van der Waals surface area contributed by atoms with E-state index in [9.17, 15) is 22.7 Å². The normalized spacial score (nSPS) is 13.8. The minimum absolute atomic E-state index is 0.0338. The van der Waals surface area contributed by atoms with Gasteiger partial charge >= 0.3 is 12.3 Å². The van der Waals surface area contributed by atoms with E-state index in [2.05, 4.69) is 5.32 Å². The Balaban J connectivity index is 2.20. The number of hydrogen-bond donors (Lipinski definition) is 2. The lowest BCUT2D eigenvalue weighted by molar-refractivity contribution is -0.126. The Morgan fingerprint density at radius 3 is 2.48 bits per heavy atom. The third-order valence-electron chi connectivity index (χ3n) is 3.36. The molecule has 0 aromatic heterocycles. The fourth-order valence-electron chi connectivity index (χ4n) is 2.10. The first-order valence-electron chi connectivity index (χ1n) is 6.43. The van der Waals surface area contributed by atoms with Crippen molar-refractivity contribution < 1.29 is 22.7 Å². The van der Waals surface area contributed by atoms with E-state index in [1.54, 1.807) is 24.3 Å². The third-order valence-corrected chi connectivity index (χ3v) is 3.36. The topological polar surface area (TPSA) is 32.3 Å². The first-order valence-corrected chi connectivity index (χ1v) is 6.43. The maximum absolute atomic E-state index is 12.9. The van der Waals surface area contributed by atoms with E-state index >= 15 is 0 Å². The zero-order valence-corrected chi connectivity index (χ0v) is 11.3. The molecule has 2 rings (SSSR count). The highest BCUT2D eigenvalue weighted by Gasteiger charge is 2.40. The van der Waals surface area contributed by atoms with Crippen molar-refractivity contribution in [3.63, 3.8) is 0 Å². The molecular formula is C15H15F4NO. The van der Waals surface area contributed by atoms with Gasteiger partial charge in [0.25, 0.3) is 0 Å². The summed E-state index contributed by atoms with van der Waals surface area (Å²) in [5.41, 5.74) is 0.388. The SMILES string of the molecule is CC(NCC(F)(F)C(F)F)c1ccc2ccccc2c1O. The molecule has 0 fully saturated rings. The Hall–Kier alpha value is -1.82. The number of aromatic hydroxyl groups is 1. The van der Waals surface area contributed by atoms with Crippen molar-refractivity contribution in [3.8, 4) is 5.75 Å². The fraction of sp³-hybridized carbons (Fsp3) is 0.333. The van der Waals surface area contributed by atoms with E-state index < -0.39 is 24.9 Å². The lowest BCUT2D eigenvalue weighted by Crippen LogP contribution is -2.39. The van der Waals surface area contributed by atoms with Crippen molar-refractivity contribution in [2.24, 2.45) is 0 Å². The van der Waals surface area contributed by atoms with Crippen molar-refractivity contribution >= 4 is 10.8 Å². The van der Waals surface area contributed by atoms with Gasteiger partial charge in [-0.2, -0.15) is 8.78 Å². The number of halogens is 4. The summed E-state index contributed by atoms with van der Waals surface area (Å²) < 4.78 is 50.0. The van der Waals surface area contributed by atoms with Gasteiger partial charge in [0.15, 0.2) is 0 Å². The molecule has 114 valence electrons. The highest BCUT2D eigenvalue weighted by molar-refractivity contribution is 5.89. The van der Waals surface area contributed by atoms with Gasteiger partial charge in [0.2, 0.25) is 0 Å². The molecule has 0 bridgehead atoms. The minimum Gasteiger partial charge on any atom is -0.507 e. The number of benzene rings is 2. The summed E-state index contributed by atoms with van der Waals surface area (Å²) >= 11 is 0. The monoisotopic (exact) mass is 301 g/mol. The van der Waals surface area contributed by atoms with Gasteiger partial charge in [-0.25, -0.2) is 8.78 Å². The van der Waals surface area contributed by atoms with Crippen LogP contribution >= 0.6 is 0 Å². The van der Waals surface area contributed by atoms with Crippen molar-refractivity contribution in [1.82, 2.24) is 5.32 Å². The van der Waals surface area contributed by atoms with Crippen molar-refractivity contribution in [1.29, 1.82) is 0 Å².